The number of pyridine rings is 1. The first-order chi connectivity index (χ1) is 12.3. The van der Waals surface area contributed by atoms with E-state index in [1.54, 1.807) is 34.3 Å². The van der Waals surface area contributed by atoms with E-state index >= 15 is 0 Å². The molecule has 2 aromatic heterocycles. The Hall–Kier alpha value is -1.78. The minimum Gasteiger partial charge on any atom is -0.286 e. The van der Waals surface area contributed by atoms with Gasteiger partial charge in [0, 0.05) is 34.4 Å². The van der Waals surface area contributed by atoms with Gasteiger partial charge in [0.25, 0.3) is 5.56 Å². The van der Waals surface area contributed by atoms with E-state index in [1.165, 1.54) is 0 Å². The number of rotatable bonds is 2. The predicted molar refractivity (Wildman–Crippen MR) is 107 cm³/mol. The fraction of sp³-hybridized carbons (Fsp3) is 0.474. The third-order valence-corrected chi connectivity index (χ3v) is 6.35. The molecule has 2 aromatic rings. The lowest BCUT2D eigenvalue weighted by molar-refractivity contribution is 0.460. The minimum absolute atomic E-state index is 0.0796. The summed E-state index contributed by atoms with van der Waals surface area (Å²) in [6, 6.07) is 4.06. The fourth-order valence-corrected chi connectivity index (χ4v) is 4.80. The number of thioether (sulfide) groups is 2. The van der Waals surface area contributed by atoms with Crippen LogP contribution in [0.15, 0.2) is 27.1 Å². The molecule has 1 atom stereocenters. The summed E-state index contributed by atoms with van der Waals surface area (Å²) in [6.45, 7) is 9.08. The van der Waals surface area contributed by atoms with E-state index in [9.17, 15) is 10.1 Å². The minimum atomic E-state index is -0.253. The Labute approximate surface area is 162 Å². The van der Waals surface area contributed by atoms with Gasteiger partial charge in [-0.05, 0) is 18.2 Å². The van der Waals surface area contributed by atoms with Crippen molar-refractivity contribution in [3.63, 3.8) is 0 Å². The monoisotopic (exact) mass is 386 g/mol. The van der Waals surface area contributed by atoms with Crippen molar-refractivity contribution in [2.24, 2.45) is 5.92 Å². The molecule has 0 amide bonds. The van der Waals surface area contributed by atoms with Crippen molar-refractivity contribution in [1.29, 1.82) is 5.26 Å². The zero-order valence-electron chi connectivity index (χ0n) is 15.7. The molecule has 0 radical (unpaired) electrons. The molecule has 0 saturated heterocycles. The highest BCUT2D eigenvalue weighted by Crippen LogP contribution is 2.34. The van der Waals surface area contributed by atoms with Crippen LogP contribution in [0.4, 0.5) is 0 Å². The number of hydrogen-bond donors (Lipinski definition) is 0. The summed E-state index contributed by atoms with van der Waals surface area (Å²) in [4.78, 5) is 23.2. The molecule has 0 fully saturated rings. The second-order valence-electron chi connectivity index (χ2n) is 7.59. The molecule has 26 heavy (non-hydrogen) atoms. The van der Waals surface area contributed by atoms with Crippen molar-refractivity contribution in [3.05, 3.63) is 33.9 Å². The number of hydrogen-bond acceptors (Lipinski definition) is 6. The molecule has 0 saturated carbocycles. The van der Waals surface area contributed by atoms with E-state index in [1.807, 2.05) is 12.3 Å². The van der Waals surface area contributed by atoms with Gasteiger partial charge in [-0.3, -0.25) is 14.3 Å². The fourth-order valence-electron chi connectivity index (χ4n) is 2.99. The van der Waals surface area contributed by atoms with Crippen molar-refractivity contribution in [1.82, 2.24) is 14.5 Å². The lowest BCUT2D eigenvalue weighted by Gasteiger charge is -2.23. The molecule has 0 aromatic carbocycles. The van der Waals surface area contributed by atoms with E-state index in [2.05, 4.69) is 43.7 Å². The van der Waals surface area contributed by atoms with Gasteiger partial charge in [-0.15, -0.1) is 11.8 Å². The van der Waals surface area contributed by atoms with E-state index in [0.29, 0.717) is 23.3 Å². The Morgan fingerprint density at radius 3 is 2.77 bits per heavy atom. The Bertz CT molecular complexity index is 954. The first-order valence-electron chi connectivity index (χ1n) is 8.49. The molecular formula is C19H22N4OS2. The molecule has 0 aliphatic carbocycles. The highest BCUT2D eigenvalue weighted by molar-refractivity contribution is 7.99. The number of nitrogens with zero attached hydrogens (tertiary/aromatic N) is 4. The lowest BCUT2D eigenvalue weighted by Crippen LogP contribution is -2.32. The number of nitriles is 1. The average molecular weight is 387 g/mol. The van der Waals surface area contributed by atoms with Crippen LogP contribution in [0.5, 0.6) is 0 Å². The predicted octanol–water partition coefficient (Wildman–Crippen LogP) is 3.94. The summed E-state index contributed by atoms with van der Waals surface area (Å²) in [5.74, 6) is 1.31. The largest absolute Gasteiger partial charge is 0.286 e. The van der Waals surface area contributed by atoms with Crippen LogP contribution >= 0.6 is 23.5 Å². The van der Waals surface area contributed by atoms with E-state index in [-0.39, 0.29) is 16.5 Å². The average Bonchev–Trinajstić information content (AvgIpc) is 2.60. The van der Waals surface area contributed by atoms with Gasteiger partial charge >= 0.3 is 0 Å². The van der Waals surface area contributed by atoms with Crippen molar-refractivity contribution < 1.29 is 0 Å². The molecule has 0 bridgehead atoms. The molecule has 0 spiro atoms. The third-order valence-electron chi connectivity index (χ3n) is 4.29. The Kier molecular flexibility index (Phi) is 5.18. The SMILES string of the molecule is CSc1cc(-c2nc3n(c(=O)c2C#N)CC(C)CS3)cnc1C(C)(C)C. The van der Waals surface area contributed by atoms with Crippen molar-refractivity contribution in [3.8, 4) is 17.3 Å². The first kappa shape index (κ1) is 19.0. The van der Waals surface area contributed by atoms with E-state index in [4.69, 9.17) is 0 Å². The quantitative estimate of drug-likeness (QED) is 0.575. The Balaban J connectivity index is 2.20. The van der Waals surface area contributed by atoms with Gasteiger partial charge in [0.05, 0.1) is 11.4 Å². The van der Waals surface area contributed by atoms with Crippen LogP contribution in [0, 0.1) is 17.2 Å². The molecule has 1 unspecified atom stereocenters. The van der Waals surface area contributed by atoms with Crippen LogP contribution in [-0.4, -0.2) is 26.5 Å². The molecule has 7 heteroatoms. The summed E-state index contributed by atoms with van der Waals surface area (Å²) in [7, 11) is 0. The van der Waals surface area contributed by atoms with Crippen molar-refractivity contribution >= 4 is 23.5 Å². The standard InChI is InChI=1S/C19H22N4OS2/c1-11-9-23-17(24)13(7-20)15(22-18(23)26-10-11)12-6-14(25-5)16(21-8-12)19(2,3)4/h6,8,11H,9-10H2,1-5H3. The van der Waals surface area contributed by atoms with Gasteiger partial charge < -0.3 is 0 Å². The molecule has 3 heterocycles. The molecule has 1 aliphatic heterocycles. The molecule has 0 N–H and O–H groups in total. The number of aromatic nitrogens is 3. The van der Waals surface area contributed by atoms with Crippen LogP contribution in [0.25, 0.3) is 11.3 Å². The normalized spacial score (nSPS) is 16.8. The zero-order valence-corrected chi connectivity index (χ0v) is 17.3. The maximum Gasteiger partial charge on any atom is 0.272 e. The Morgan fingerprint density at radius 1 is 1.42 bits per heavy atom. The summed E-state index contributed by atoms with van der Waals surface area (Å²) in [6.07, 6.45) is 3.74. The smallest absolute Gasteiger partial charge is 0.272 e. The van der Waals surface area contributed by atoms with Crippen LogP contribution in [0.3, 0.4) is 0 Å². The van der Waals surface area contributed by atoms with Crippen LogP contribution in [0.1, 0.15) is 39.0 Å². The summed E-state index contributed by atoms with van der Waals surface area (Å²) in [5, 5.41) is 10.3. The van der Waals surface area contributed by atoms with Gasteiger partial charge in [-0.1, -0.05) is 39.5 Å². The van der Waals surface area contributed by atoms with Crippen LogP contribution in [-0.2, 0) is 12.0 Å². The topological polar surface area (TPSA) is 71.6 Å². The molecule has 136 valence electrons. The zero-order chi connectivity index (χ0) is 19.1. The van der Waals surface area contributed by atoms with Gasteiger partial charge in [0.2, 0.25) is 0 Å². The van der Waals surface area contributed by atoms with Gasteiger partial charge in [-0.2, -0.15) is 5.26 Å². The molecule has 1 aliphatic rings. The molecule has 5 nitrogen and oxygen atoms in total. The van der Waals surface area contributed by atoms with Crippen LogP contribution in [0.2, 0.25) is 0 Å². The summed E-state index contributed by atoms with van der Waals surface area (Å²) < 4.78 is 1.63. The number of fused-ring (bicyclic) bond motifs is 1. The van der Waals surface area contributed by atoms with Gasteiger partial charge in [-0.25, -0.2) is 4.98 Å². The van der Waals surface area contributed by atoms with Gasteiger partial charge in [0.15, 0.2) is 5.16 Å². The summed E-state index contributed by atoms with van der Waals surface area (Å²) in [5.41, 5.74) is 1.93. The van der Waals surface area contributed by atoms with E-state index in [0.717, 1.165) is 21.9 Å². The van der Waals surface area contributed by atoms with E-state index < -0.39 is 0 Å². The molecule has 3 rings (SSSR count). The molecular weight excluding hydrogens is 364 g/mol. The van der Waals surface area contributed by atoms with Crippen LogP contribution < -0.4 is 5.56 Å². The van der Waals surface area contributed by atoms with Gasteiger partial charge in [0.1, 0.15) is 11.6 Å². The Morgan fingerprint density at radius 2 is 2.15 bits per heavy atom. The highest BCUT2D eigenvalue weighted by Gasteiger charge is 2.25. The third kappa shape index (κ3) is 3.40. The van der Waals surface area contributed by atoms with Crippen molar-refractivity contribution in [2.45, 2.75) is 49.7 Å². The maximum absolute atomic E-state index is 12.8. The van der Waals surface area contributed by atoms with Crippen molar-refractivity contribution in [2.75, 3.05) is 12.0 Å². The second kappa shape index (κ2) is 7.09. The summed E-state index contributed by atoms with van der Waals surface area (Å²) >= 11 is 3.19. The first-order valence-corrected chi connectivity index (χ1v) is 10.7. The highest BCUT2D eigenvalue weighted by atomic mass is 32.2. The second-order valence-corrected chi connectivity index (χ2v) is 9.42. The maximum atomic E-state index is 12.8. The lowest BCUT2D eigenvalue weighted by atomic mass is 9.91.